The van der Waals surface area contributed by atoms with Crippen molar-refractivity contribution in [3.63, 3.8) is 0 Å². The molecule has 3 nitrogen and oxygen atoms in total. The summed E-state index contributed by atoms with van der Waals surface area (Å²) in [6, 6.07) is 2.34. The molecule has 1 N–H and O–H groups in total. The molecule has 1 heterocycles. The summed E-state index contributed by atoms with van der Waals surface area (Å²) >= 11 is 4.27. The fourth-order valence-electron chi connectivity index (χ4n) is 2.25. The second-order valence-corrected chi connectivity index (χ2v) is 6.90. The fourth-order valence-corrected chi connectivity index (χ4v) is 2.49. The molecular weight excluding hydrogens is 321 g/mol. The molecule has 0 radical (unpaired) electrons. The van der Waals surface area contributed by atoms with Crippen LogP contribution < -0.4 is 0 Å². The lowest BCUT2D eigenvalue weighted by Crippen LogP contribution is -2.41. The van der Waals surface area contributed by atoms with Crippen LogP contribution in [0.1, 0.15) is 38.8 Å². The molecule has 0 atom stereocenters. The van der Waals surface area contributed by atoms with Crippen molar-refractivity contribution in [3.8, 4) is 0 Å². The number of halogens is 2. The minimum absolute atomic E-state index is 0.321. The minimum Gasteiger partial charge on any atom is -0.400 e. The zero-order valence-corrected chi connectivity index (χ0v) is 14.6. The molecule has 0 bridgehead atoms. The number of hydrogen-bond donors (Lipinski definition) is 2. The third-order valence-corrected chi connectivity index (χ3v) is 4.78. The SMILES string of the molecule is CC1(C)OB(C(=Cc2cc(F)c(CO)c(F)c2)CS)OC1(C)C. The van der Waals surface area contributed by atoms with Crippen LogP contribution in [-0.2, 0) is 15.9 Å². The second kappa shape index (κ2) is 6.55. The average molecular weight is 342 g/mol. The first-order chi connectivity index (χ1) is 10.6. The van der Waals surface area contributed by atoms with Crippen LogP contribution in [0.5, 0.6) is 0 Å². The van der Waals surface area contributed by atoms with E-state index in [0.29, 0.717) is 16.8 Å². The largest absolute Gasteiger partial charge is 0.491 e. The van der Waals surface area contributed by atoms with Crippen molar-refractivity contribution in [3.05, 3.63) is 40.4 Å². The Balaban J connectivity index is 2.34. The molecule has 2 rings (SSSR count). The number of rotatable bonds is 4. The van der Waals surface area contributed by atoms with Crippen LogP contribution in [0.2, 0.25) is 0 Å². The Bertz CT molecular complexity index is 593. The van der Waals surface area contributed by atoms with Gasteiger partial charge in [0, 0.05) is 11.3 Å². The standard InChI is InChI=1S/C16H21BF2O3S/c1-15(2)16(3,4)22-17(21-15)11(9-23)5-10-6-13(18)12(8-20)14(19)7-10/h5-7,20,23H,8-9H2,1-4H3. The summed E-state index contributed by atoms with van der Waals surface area (Å²) in [7, 11) is -0.624. The van der Waals surface area contributed by atoms with Crippen LogP contribution in [0.25, 0.3) is 6.08 Å². The van der Waals surface area contributed by atoms with E-state index < -0.39 is 36.6 Å². The van der Waals surface area contributed by atoms with Gasteiger partial charge < -0.3 is 14.4 Å². The molecule has 1 aliphatic heterocycles. The van der Waals surface area contributed by atoms with Crippen molar-refractivity contribution in [1.82, 2.24) is 0 Å². The van der Waals surface area contributed by atoms with Gasteiger partial charge in [-0.15, -0.1) is 0 Å². The molecule has 23 heavy (non-hydrogen) atoms. The van der Waals surface area contributed by atoms with Gasteiger partial charge in [0.05, 0.1) is 17.8 Å². The molecule has 1 aromatic rings. The maximum atomic E-state index is 13.8. The molecule has 0 aromatic heterocycles. The first-order valence-electron chi connectivity index (χ1n) is 7.37. The summed E-state index contributed by atoms with van der Waals surface area (Å²) < 4.78 is 39.4. The van der Waals surface area contributed by atoms with E-state index in [1.807, 2.05) is 27.7 Å². The lowest BCUT2D eigenvalue weighted by Gasteiger charge is -2.32. The molecule has 0 unspecified atom stereocenters. The minimum atomic E-state index is -0.786. The van der Waals surface area contributed by atoms with Crippen LogP contribution in [0.3, 0.4) is 0 Å². The van der Waals surface area contributed by atoms with E-state index in [1.54, 1.807) is 6.08 Å². The molecule has 0 saturated carbocycles. The molecule has 1 fully saturated rings. The van der Waals surface area contributed by atoms with Crippen LogP contribution in [0, 0.1) is 11.6 Å². The number of thiol groups is 1. The highest BCUT2D eigenvalue weighted by Crippen LogP contribution is 2.39. The maximum Gasteiger partial charge on any atom is 0.491 e. The highest BCUT2D eigenvalue weighted by atomic mass is 32.1. The van der Waals surface area contributed by atoms with Gasteiger partial charge in [-0.3, -0.25) is 0 Å². The van der Waals surface area contributed by atoms with Crippen LogP contribution in [0.15, 0.2) is 17.6 Å². The maximum absolute atomic E-state index is 13.8. The number of aliphatic hydroxyl groups excluding tert-OH is 1. The van der Waals surface area contributed by atoms with Gasteiger partial charge in [0.25, 0.3) is 0 Å². The van der Waals surface area contributed by atoms with Gasteiger partial charge in [0.1, 0.15) is 11.6 Å². The molecule has 1 aliphatic rings. The topological polar surface area (TPSA) is 38.7 Å². The first kappa shape index (κ1) is 18.5. The van der Waals surface area contributed by atoms with E-state index in [2.05, 4.69) is 12.6 Å². The van der Waals surface area contributed by atoms with Crippen molar-refractivity contribution in [1.29, 1.82) is 0 Å². The van der Waals surface area contributed by atoms with E-state index in [1.165, 1.54) is 12.1 Å². The van der Waals surface area contributed by atoms with Crippen molar-refractivity contribution in [2.24, 2.45) is 0 Å². The zero-order chi connectivity index (χ0) is 17.4. The van der Waals surface area contributed by atoms with Gasteiger partial charge in [-0.25, -0.2) is 8.78 Å². The third kappa shape index (κ3) is 3.63. The molecular formula is C16H21BF2O3S. The van der Waals surface area contributed by atoms with Crippen molar-refractivity contribution < 1.29 is 23.2 Å². The summed E-state index contributed by atoms with van der Waals surface area (Å²) in [6.45, 7) is 7.03. The summed E-state index contributed by atoms with van der Waals surface area (Å²) in [4.78, 5) is 0. The van der Waals surface area contributed by atoms with Crippen LogP contribution in [-0.4, -0.2) is 29.2 Å². The molecule has 126 valence electrons. The molecule has 7 heteroatoms. The average Bonchev–Trinajstić information content (AvgIpc) is 2.64. The Hall–Kier alpha value is -0.885. The van der Waals surface area contributed by atoms with Gasteiger partial charge in [-0.2, -0.15) is 12.6 Å². The van der Waals surface area contributed by atoms with Crippen molar-refractivity contribution in [2.75, 3.05) is 5.75 Å². The van der Waals surface area contributed by atoms with Gasteiger partial charge in [0.2, 0.25) is 0 Å². The quantitative estimate of drug-likeness (QED) is 0.651. The number of hydrogen-bond acceptors (Lipinski definition) is 4. The van der Waals surface area contributed by atoms with Gasteiger partial charge in [-0.1, -0.05) is 6.08 Å². The van der Waals surface area contributed by atoms with Crippen LogP contribution in [0.4, 0.5) is 8.78 Å². The summed E-state index contributed by atoms with van der Waals surface area (Å²) in [5, 5.41) is 8.96. The van der Waals surface area contributed by atoms with Gasteiger partial charge in [-0.05, 0) is 50.9 Å². The first-order valence-corrected chi connectivity index (χ1v) is 8.00. The number of benzene rings is 1. The Labute approximate surface area is 141 Å². The third-order valence-electron chi connectivity index (χ3n) is 4.41. The molecule has 0 spiro atoms. The lowest BCUT2D eigenvalue weighted by atomic mass is 9.78. The Kier molecular flexibility index (Phi) is 5.26. The summed E-state index contributed by atoms with van der Waals surface area (Å²) in [6.07, 6.45) is 1.60. The Morgan fingerprint density at radius 1 is 1.17 bits per heavy atom. The normalized spacial score (nSPS) is 20.2. The fraction of sp³-hybridized carbons (Fsp3) is 0.500. The molecule has 1 saturated heterocycles. The van der Waals surface area contributed by atoms with Gasteiger partial charge >= 0.3 is 7.12 Å². The smallest absolute Gasteiger partial charge is 0.400 e. The lowest BCUT2D eigenvalue weighted by molar-refractivity contribution is 0.00578. The van der Waals surface area contributed by atoms with E-state index >= 15 is 0 Å². The second-order valence-electron chi connectivity index (χ2n) is 6.59. The van der Waals surface area contributed by atoms with Gasteiger partial charge in [0.15, 0.2) is 0 Å². The summed E-state index contributed by atoms with van der Waals surface area (Å²) in [5.74, 6) is -1.25. The molecule has 0 amide bonds. The van der Waals surface area contributed by atoms with E-state index in [0.717, 1.165) is 0 Å². The Morgan fingerprint density at radius 2 is 1.65 bits per heavy atom. The predicted molar refractivity (Wildman–Crippen MR) is 90.2 cm³/mol. The van der Waals surface area contributed by atoms with E-state index in [4.69, 9.17) is 14.4 Å². The van der Waals surface area contributed by atoms with Crippen LogP contribution >= 0.6 is 12.6 Å². The summed E-state index contributed by atoms with van der Waals surface area (Å²) in [5.41, 5.74) is -0.350. The highest BCUT2D eigenvalue weighted by Gasteiger charge is 2.52. The van der Waals surface area contributed by atoms with E-state index in [-0.39, 0.29) is 5.56 Å². The predicted octanol–water partition coefficient (Wildman–Crippen LogP) is 3.40. The molecule has 0 aliphatic carbocycles. The zero-order valence-electron chi connectivity index (χ0n) is 13.7. The number of aliphatic hydroxyl groups is 1. The monoisotopic (exact) mass is 342 g/mol. The van der Waals surface area contributed by atoms with Crippen molar-refractivity contribution >= 4 is 25.8 Å². The highest BCUT2D eigenvalue weighted by molar-refractivity contribution is 7.80. The van der Waals surface area contributed by atoms with E-state index in [9.17, 15) is 8.78 Å². The van der Waals surface area contributed by atoms with Crippen molar-refractivity contribution in [2.45, 2.75) is 45.5 Å². The molecule has 1 aromatic carbocycles. The Morgan fingerprint density at radius 3 is 2.04 bits per heavy atom.